The molecule has 2 heterocycles. The summed E-state index contributed by atoms with van der Waals surface area (Å²) >= 11 is 6.09. The highest BCUT2D eigenvalue weighted by atomic mass is 35.5. The smallest absolute Gasteiger partial charge is 0.313 e. The van der Waals surface area contributed by atoms with Crippen LogP contribution in [-0.2, 0) is 22.6 Å². The molecule has 2 amide bonds. The maximum absolute atomic E-state index is 12.4. The molecule has 1 aliphatic heterocycles. The van der Waals surface area contributed by atoms with Crippen LogP contribution in [0.3, 0.4) is 0 Å². The molecule has 0 fully saturated rings. The summed E-state index contributed by atoms with van der Waals surface area (Å²) in [6.07, 6.45) is 2.55. The van der Waals surface area contributed by atoms with E-state index < -0.39 is 11.8 Å². The van der Waals surface area contributed by atoms with Gasteiger partial charge in [0.2, 0.25) is 0 Å². The second-order valence-electron chi connectivity index (χ2n) is 7.65. The fourth-order valence-corrected chi connectivity index (χ4v) is 3.98. The molecular weight excluding hydrogens is 414 g/mol. The molecule has 0 spiro atoms. The lowest BCUT2D eigenvalue weighted by atomic mass is 9.98. The van der Waals surface area contributed by atoms with E-state index in [0.717, 1.165) is 30.8 Å². The Hall–Kier alpha value is -3.09. The number of furan rings is 1. The van der Waals surface area contributed by atoms with Crippen molar-refractivity contribution in [1.29, 1.82) is 0 Å². The summed E-state index contributed by atoms with van der Waals surface area (Å²) in [7, 11) is 0. The lowest BCUT2D eigenvalue weighted by molar-refractivity contribution is -0.136. The van der Waals surface area contributed by atoms with Gasteiger partial charge in [0, 0.05) is 30.3 Å². The van der Waals surface area contributed by atoms with E-state index in [4.69, 9.17) is 16.0 Å². The van der Waals surface area contributed by atoms with Crippen molar-refractivity contribution in [3.05, 3.63) is 88.3 Å². The fourth-order valence-electron chi connectivity index (χ4n) is 3.80. The highest BCUT2D eigenvalue weighted by Crippen LogP contribution is 2.28. The second kappa shape index (κ2) is 9.37. The summed E-state index contributed by atoms with van der Waals surface area (Å²) in [5.41, 5.74) is 3.99. The first kappa shape index (κ1) is 21.2. The number of nitrogens with zero attached hydrogens (tertiary/aromatic N) is 1. The Morgan fingerprint density at radius 3 is 2.65 bits per heavy atom. The van der Waals surface area contributed by atoms with E-state index in [9.17, 15) is 9.59 Å². The van der Waals surface area contributed by atoms with Gasteiger partial charge in [0.05, 0.1) is 12.3 Å². The Balaban J connectivity index is 1.41. The molecule has 0 aliphatic carbocycles. The van der Waals surface area contributed by atoms with Crippen LogP contribution in [-0.4, -0.2) is 29.8 Å². The Kier molecular flexibility index (Phi) is 6.39. The molecule has 6 nitrogen and oxygen atoms in total. The monoisotopic (exact) mass is 437 g/mol. The molecule has 1 atom stereocenters. The van der Waals surface area contributed by atoms with Crippen LogP contribution < -0.4 is 10.6 Å². The first-order chi connectivity index (χ1) is 15.0. The number of rotatable bonds is 5. The van der Waals surface area contributed by atoms with Gasteiger partial charge in [0.15, 0.2) is 0 Å². The Morgan fingerprint density at radius 1 is 1.10 bits per heavy atom. The van der Waals surface area contributed by atoms with Crippen LogP contribution in [0.15, 0.2) is 65.3 Å². The van der Waals surface area contributed by atoms with Crippen molar-refractivity contribution in [1.82, 2.24) is 10.2 Å². The maximum Gasteiger partial charge on any atom is 0.313 e. The molecule has 7 heteroatoms. The van der Waals surface area contributed by atoms with Gasteiger partial charge >= 0.3 is 11.8 Å². The third-order valence-electron chi connectivity index (χ3n) is 5.56. The van der Waals surface area contributed by atoms with Gasteiger partial charge in [-0.3, -0.25) is 14.5 Å². The van der Waals surface area contributed by atoms with Crippen molar-refractivity contribution in [2.75, 3.05) is 18.4 Å². The van der Waals surface area contributed by atoms with Crippen LogP contribution in [0.25, 0.3) is 0 Å². The summed E-state index contributed by atoms with van der Waals surface area (Å²) < 4.78 is 5.64. The minimum Gasteiger partial charge on any atom is -0.468 e. The number of halogens is 1. The van der Waals surface area contributed by atoms with Gasteiger partial charge in [0.1, 0.15) is 5.76 Å². The second-order valence-corrected chi connectivity index (χ2v) is 8.06. The average Bonchev–Trinajstić information content (AvgIpc) is 3.31. The number of hydrogen-bond donors (Lipinski definition) is 2. The molecule has 160 valence electrons. The van der Waals surface area contributed by atoms with Crippen LogP contribution in [0.2, 0.25) is 5.02 Å². The molecule has 0 saturated carbocycles. The third-order valence-corrected chi connectivity index (χ3v) is 5.97. The van der Waals surface area contributed by atoms with Crippen molar-refractivity contribution in [3.8, 4) is 0 Å². The van der Waals surface area contributed by atoms with Gasteiger partial charge in [-0.25, -0.2) is 0 Å². The molecule has 4 rings (SSSR count). The van der Waals surface area contributed by atoms with E-state index in [1.54, 1.807) is 24.5 Å². The minimum atomic E-state index is -0.734. The normalized spacial score (nSPS) is 14.5. The highest BCUT2D eigenvalue weighted by molar-refractivity contribution is 6.39. The first-order valence-electron chi connectivity index (χ1n) is 10.2. The molecule has 0 bridgehead atoms. The van der Waals surface area contributed by atoms with Crippen molar-refractivity contribution in [2.24, 2.45) is 0 Å². The lowest BCUT2D eigenvalue weighted by Crippen LogP contribution is -2.43. The summed E-state index contributed by atoms with van der Waals surface area (Å²) in [6.45, 7) is 3.72. The molecule has 2 aromatic carbocycles. The number of fused-ring (bicyclic) bond motifs is 1. The van der Waals surface area contributed by atoms with Gasteiger partial charge in [0.25, 0.3) is 0 Å². The predicted molar refractivity (Wildman–Crippen MR) is 120 cm³/mol. The lowest BCUT2D eigenvalue weighted by Gasteiger charge is -2.34. The SMILES string of the molecule is Cc1ccc(NC(=O)C(=O)NCC(c2ccco2)N2CCc3ccccc3C2)cc1Cl. The Bertz CT molecular complexity index is 1080. The summed E-state index contributed by atoms with van der Waals surface area (Å²) in [4.78, 5) is 27.1. The van der Waals surface area contributed by atoms with E-state index in [0.29, 0.717) is 10.7 Å². The van der Waals surface area contributed by atoms with Crippen molar-refractivity contribution < 1.29 is 14.0 Å². The van der Waals surface area contributed by atoms with Gasteiger partial charge in [-0.05, 0) is 54.3 Å². The van der Waals surface area contributed by atoms with E-state index in [2.05, 4.69) is 33.7 Å². The zero-order chi connectivity index (χ0) is 21.8. The maximum atomic E-state index is 12.4. The van der Waals surface area contributed by atoms with E-state index in [1.165, 1.54) is 11.1 Å². The zero-order valence-electron chi connectivity index (χ0n) is 17.2. The summed E-state index contributed by atoms with van der Waals surface area (Å²) in [5.74, 6) is -0.682. The number of hydrogen-bond acceptors (Lipinski definition) is 4. The molecule has 31 heavy (non-hydrogen) atoms. The van der Waals surface area contributed by atoms with Crippen molar-refractivity contribution in [3.63, 3.8) is 0 Å². The molecule has 0 radical (unpaired) electrons. The summed E-state index contributed by atoms with van der Waals surface area (Å²) in [5, 5.41) is 5.87. The zero-order valence-corrected chi connectivity index (χ0v) is 18.0. The van der Waals surface area contributed by atoms with Gasteiger partial charge in [-0.1, -0.05) is 41.9 Å². The topological polar surface area (TPSA) is 74.6 Å². The van der Waals surface area contributed by atoms with E-state index in [1.807, 2.05) is 25.1 Å². The molecule has 1 unspecified atom stereocenters. The first-order valence-corrected chi connectivity index (χ1v) is 10.6. The third kappa shape index (κ3) is 4.98. The number of carbonyl (C=O) groups excluding carboxylic acids is 2. The van der Waals surface area contributed by atoms with Crippen LogP contribution in [0.4, 0.5) is 5.69 Å². The number of benzene rings is 2. The number of anilines is 1. The Labute approximate surface area is 186 Å². The molecular formula is C24H24ClN3O3. The molecule has 1 aliphatic rings. The fraction of sp³-hybridized carbons (Fsp3) is 0.250. The molecule has 0 saturated heterocycles. The van der Waals surface area contributed by atoms with Crippen LogP contribution in [0.1, 0.15) is 28.5 Å². The number of aryl methyl sites for hydroxylation is 1. The van der Waals surface area contributed by atoms with Crippen LogP contribution in [0.5, 0.6) is 0 Å². The molecule has 1 aromatic heterocycles. The van der Waals surface area contributed by atoms with Gasteiger partial charge < -0.3 is 15.1 Å². The molecule has 3 aromatic rings. The summed E-state index contributed by atoms with van der Waals surface area (Å²) in [6, 6.07) is 17.0. The number of amides is 2. The van der Waals surface area contributed by atoms with Crippen LogP contribution >= 0.6 is 11.6 Å². The standard InChI is InChI=1S/C24H24ClN3O3/c1-16-8-9-19(13-20(16)25)27-24(30)23(29)26-14-21(22-7-4-12-31-22)28-11-10-17-5-2-3-6-18(17)15-28/h2-9,12-13,21H,10-11,14-15H2,1H3,(H,26,29)(H,27,30). The largest absolute Gasteiger partial charge is 0.468 e. The number of nitrogens with one attached hydrogen (secondary N) is 2. The Morgan fingerprint density at radius 2 is 1.90 bits per heavy atom. The van der Waals surface area contributed by atoms with Crippen molar-refractivity contribution >= 4 is 29.1 Å². The van der Waals surface area contributed by atoms with E-state index in [-0.39, 0.29) is 12.6 Å². The minimum absolute atomic E-state index is 0.172. The van der Waals surface area contributed by atoms with Crippen molar-refractivity contribution in [2.45, 2.75) is 25.9 Å². The quantitative estimate of drug-likeness (QED) is 0.589. The predicted octanol–water partition coefficient (Wildman–Crippen LogP) is 4.10. The van der Waals surface area contributed by atoms with E-state index >= 15 is 0 Å². The highest BCUT2D eigenvalue weighted by Gasteiger charge is 2.27. The molecule has 2 N–H and O–H groups in total. The average molecular weight is 438 g/mol. The van der Waals surface area contributed by atoms with Crippen LogP contribution in [0, 0.1) is 6.92 Å². The number of carbonyl (C=O) groups is 2. The van der Waals surface area contributed by atoms with Gasteiger partial charge in [-0.2, -0.15) is 0 Å². The van der Waals surface area contributed by atoms with Gasteiger partial charge in [-0.15, -0.1) is 0 Å².